The van der Waals surface area contributed by atoms with Crippen LogP contribution >= 0.6 is 0 Å². The van der Waals surface area contributed by atoms with Crippen molar-refractivity contribution in [1.82, 2.24) is 5.32 Å². The fourth-order valence-electron chi connectivity index (χ4n) is 2.85. The first-order valence-corrected chi connectivity index (χ1v) is 4.74. The van der Waals surface area contributed by atoms with Gasteiger partial charge in [0.15, 0.2) is 0 Å². The average molecular weight is 155 g/mol. The molecule has 11 heavy (non-hydrogen) atoms. The molecule has 0 aromatic rings. The van der Waals surface area contributed by atoms with E-state index < -0.39 is 0 Å². The van der Waals surface area contributed by atoms with Gasteiger partial charge in [-0.15, -0.1) is 0 Å². The second-order valence-electron chi connectivity index (χ2n) is 3.89. The van der Waals surface area contributed by atoms with E-state index in [2.05, 4.69) is 12.2 Å². The minimum atomic E-state index is -0.00204. The number of nitrogens with one attached hydrogen (secondary N) is 1. The summed E-state index contributed by atoms with van der Waals surface area (Å²) in [4.78, 5) is 0. The molecule has 2 saturated carbocycles. The maximum absolute atomic E-state index is 9.58. The van der Waals surface area contributed by atoms with Crippen molar-refractivity contribution in [3.63, 3.8) is 0 Å². The molecule has 2 N–H and O–H groups in total. The van der Waals surface area contributed by atoms with Crippen LogP contribution in [0.15, 0.2) is 0 Å². The summed E-state index contributed by atoms with van der Waals surface area (Å²) in [5, 5.41) is 13.1. The molecule has 0 saturated heterocycles. The van der Waals surface area contributed by atoms with Crippen LogP contribution in [0.5, 0.6) is 0 Å². The predicted molar refractivity (Wildman–Crippen MR) is 44.3 cm³/mol. The first-order chi connectivity index (χ1) is 5.33. The van der Waals surface area contributed by atoms with Gasteiger partial charge in [-0.2, -0.15) is 0 Å². The van der Waals surface area contributed by atoms with E-state index in [4.69, 9.17) is 0 Å². The molecule has 4 unspecified atom stereocenters. The van der Waals surface area contributed by atoms with Gasteiger partial charge in [-0.3, -0.25) is 0 Å². The van der Waals surface area contributed by atoms with Gasteiger partial charge in [-0.05, 0) is 31.7 Å². The first-order valence-electron chi connectivity index (χ1n) is 4.74. The topological polar surface area (TPSA) is 32.3 Å². The number of aliphatic hydroxyl groups excluding tert-OH is 1. The third-order valence-corrected chi connectivity index (χ3v) is 3.32. The zero-order chi connectivity index (χ0) is 7.84. The van der Waals surface area contributed by atoms with E-state index in [-0.39, 0.29) is 6.10 Å². The highest BCUT2D eigenvalue weighted by Gasteiger charge is 2.46. The molecule has 2 aliphatic carbocycles. The Morgan fingerprint density at radius 1 is 1.45 bits per heavy atom. The lowest BCUT2D eigenvalue weighted by Gasteiger charge is -2.17. The van der Waals surface area contributed by atoms with Crippen LogP contribution in [-0.4, -0.2) is 23.8 Å². The molecule has 2 fully saturated rings. The largest absolute Gasteiger partial charge is 0.393 e. The predicted octanol–water partition coefficient (Wildman–Crippen LogP) is 0.755. The van der Waals surface area contributed by atoms with E-state index in [1.54, 1.807) is 0 Å². The maximum atomic E-state index is 9.58. The van der Waals surface area contributed by atoms with E-state index in [9.17, 15) is 5.11 Å². The second kappa shape index (κ2) is 2.76. The van der Waals surface area contributed by atoms with Gasteiger partial charge in [-0.25, -0.2) is 0 Å². The van der Waals surface area contributed by atoms with Gasteiger partial charge < -0.3 is 10.4 Å². The van der Waals surface area contributed by atoms with Gasteiger partial charge in [0.05, 0.1) is 6.10 Å². The van der Waals surface area contributed by atoms with Gasteiger partial charge in [0, 0.05) is 12.0 Å². The second-order valence-corrected chi connectivity index (χ2v) is 3.89. The Labute approximate surface area is 68.0 Å². The zero-order valence-electron chi connectivity index (χ0n) is 7.09. The molecule has 0 heterocycles. The standard InChI is InChI=1S/C9H17NO/c1-2-10-9-6-3-4-7(9)8(11)5-6/h6-11H,2-5H2,1H3. The summed E-state index contributed by atoms with van der Waals surface area (Å²) in [6.07, 6.45) is 3.61. The lowest BCUT2D eigenvalue weighted by molar-refractivity contribution is 0.110. The molecular weight excluding hydrogens is 138 g/mol. The van der Waals surface area contributed by atoms with Crippen molar-refractivity contribution < 1.29 is 5.11 Å². The molecule has 2 heteroatoms. The number of rotatable bonds is 2. The van der Waals surface area contributed by atoms with Crippen LogP contribution in [0, 0.1) is 11.8 Å². The highest BCUT2D eigenvalue weighted by atomic mass is 16.3. The monoisotopic (exact) mass is 155 g/mol. The highest BCUT2D eigenvalue weighted by molar-refractivity contribution is 5.00. The summed E-state index contributed by atoms with van der Waals surface area (Å²) < 4.78 is 0. The lowest BCUT2D eigenvalue weighted by Crippen LogP contribution is -2.34. The van der Waals surface area contributed by atoms with E-state index in [0.717, 1.165) is 18.9 Å². The van der Waals surface area contributed by atoms with Crippen LogP contribution in [0.4, 0.5) is 0 Å². The molecule has 0 amide bonds. The molecule has 0 spiro atoms. The Morgan fingerprint density at radius 2 is 2.27 bits per heavy atom. The van der Waals surface area contributed by atoms with E-state index in [1.807, 2.05) is 0 Å². The van der Waals surface area contributed by atoms with Gasteiger partial charge in [0.1, 0.15) is 0 Å². The minimum absolute atomic E-state index is 0.00204. The summed E-state index contributed by atoms with van der Waals surface area (Å²) in [5.41, 5.74) is 0. The molecule has 64 valence electrons. The van der Waals surface area contributed by atoms with Crippen LogP contribution in [0.25, 0.3) is 0 Å². The lowest BCUT2D eigenvalue weighted by atomic mass is 9.98. The number of aliphatic hydroxyl groups is 1. The Bertz CT molecular complexity index is 148. The zero-order valence-corrected chi connectivity index (χ0v) is 7.09. The number of fused-ring (bicyclic) bond motifs is 2. The first kappa shape index (κ1) is 7.56. The molecule has 2 nitrogen and oxygen atoms in total. The van der Waals surface area contributed by atoms with Crippen LogP contribution in [0.1, 0.15) is 26.2 Å². The van der Waals surface area contributed by atoms with E-state index in [0.29, 0.717) is 12.0 Å². The summed E-state index contributed by atoms with van der Waals surface area (Å²) in [5.74, 6) is 1.34. The molecule has 2 bridgehead atoms. The fourth-order valence-corrected chi connectivity index (χ4v) is 2.85. The molecule has 0 aliphatic heterocycles. The Hall–Kier alpha value is -0.0800. The van der Waals surface area contributed by atoms with Crippen LogP contribution < -0.4 is 5.32 Å². The van der Waals surface area contributed by atoms with Gasteiger partial charge in [-0.1, -0.05) is 6.92 Å². The van der Waals surface area contributed by atoms with Gasteiger partial charge >= 0.3 is 0 Å². The van der Waals surface area contributed by atoms with Crippen molar-refractivity contribution in [2.45, 2.75) is 38.3 Å². The molecular formula is C9H17NO. The molecule has 0 aromatic heterocycles. The van der Waals surface area contributed by atoms with E-state index in [1.165, 1.54) is 12.8 Å². The normalized spacial score (nSPS) is 48.5. The molecule has 0 radical (unpaired) electrons. The summed E-state index contributed by atoms with van der Waals surface area (Å²) in [6, 6.07) is 0.634. The quantitative estimate of drug-likeness (QED) is 0.617. The fraction of sp³-hybridized carbons (Fsp3) is 1.00. The summed E-state index contributed by atoms with van der Waals surface area (Å²) in [7, 11) is 0. The Balaban J connectivity index is 2.01. The third kappa shape index (κ3) is 1.09. The van der Waals surface area contributed by atoms with Crippen LogP contribution in [0.2, 0.25) is 0 Å². The van der Waals surface area contributed by atoms with Gasteiger partial charge in [0.25, 0.3) is 0 Å². The SMILES string of the molecule is CCNC1C2CCC1C(O)C2. The molecule has 4 atom stereocenters. The maximum Gasteiger partial charge on any atom is 0.0586 e. The van der Waals surface area contributed by atoms with Gasteiger partial charge in [0.2, 0.25) is 0 Å². The van der Waals surface area contributed by atoms with Crippen molar-refractivity contribution >= 4 is 0 Å². The van der Waals surface area contributed by atoms with Crippen molar-refractivity contribution in [2.75, 3.05) is 6.54 Å². The van der Waals surface area contributed by atoms with Crippen molar-refractivity contribution in [3.8, 4) is 0 Å². The molecule has 2 aliphatic rings. The van der Waals surface area contributed by atoms with Crippen molar-refractivity contribution in [2.24, 2.45) is 11.8 Å². The highest BCUT2D eigenvalue weighted by Crippen LogP contribution is 2.44. The van der Waals surface area contributed by atoms with Crippen LogP contribution in [-0.2, 0) is 0 Å². The smallest absolute Gasteiger partial charge is 0.0586 e. The number of hydrogen-bond donors (Lipinski definition) is 2. The summed E-state index contributed by atoms with van der Waals surface area (Å²) >= 11 is 0. The number of hydrogen-bond acceptors (Lipinski definition) is 2. The minimum Gasteiger partial charge on any atom is -0.393 e. The van der Waals surface area contributed by atoms with Crippen molar-refractivity contribution in [3.05, 3.63) is 0 Å². The van der Waals surface area contributed by atoms with Crippen LogP contribution in [0.3, 0.4) is 0 Å². The molecule has 0 aromatic carbocycles. The summed E-state index contributed by atoms with van der Waals surface area (Å²) in [6.45, 7) is 3.19. The average Bonchev–Trinajstić information content (AvgIpc) is 2.46. The molecule has 2 rings (SSSR count). The third-order valence-electron chi connectivity index (χ3n) is 3.32. The van der Waals surface area contributed by atoms with Crippen molar-refractivity contribution in [1.29, 1.82) is 0 Å². The van der Waals surface area contributed by atoms with E-state index >= 15 is 0 Å². The Kier molecular flexibility index (Phi) is 1.90. The Morgan fingerprint density at radius 3 is 2.73 bits per heavy atom.